The van der Waals surface area contributed by atoms with Gasteiger partial charge in [-0.3, -0.25) is 0 Å². The van der Waals surface area contributed by atoms with Gasteiger partial charge < -0.3 is 14.2 Å². The van der Waals surface area contributed by atoms with E-state index in [1.807, 2.05) is 48.5 Å². The molecule has 0 aromatic heterocycles. The molecule has 1 aliphatic rings. The average Bonchev–Trinajstić information content (AvgIpc) is 2.54. The Labute approximate surface area is 118 Å². The summed E-state index contributed by atoms with van der Waals surface area (Å²) in [5.74, 6) is 1.63. The predicted octanol–water partition coefficient (Wildman–Crippen LogP) is 3.87. The molecule has 20 heavy (non-hydrogen) atoms. The highest BCUT2D eigenvalue weighted by atomic mass is 16.7. The number of rotatable bonds is 3. The van der Waals surface area contributed by atoms with Crippen LogP contribution in [0.3, 0.4) is 0 Å². The van der Waals surface area contributed by atoms with Gasteiger partial charge in [0.15, 0.2) is 0 Å². The average molecular weight is 268 g/mol. The van der Waals surface area contributed by atoms with Crippen molar-refractivity contribution in [2.75, 3.05) is 14.2 Å². The highest BCUT2D eigenvalue weighted by molar-refractivity contribution is 5.80. The van der Waals surface area contributed by atoms with Crippen LogP contribution in [0.2, 0.25) is 0 Å². The zero-order chi connectivity index (χ0) is 13.9. The molecule has 2 aromatic rings. The van der Waals surface area contributed by atoms with Crippen molar-refractivity contribution in [3.05, 3.63) is 65.2 Å². The summed E-state index contributed by atoms with van der Waals surface area (Å²) in [6.07, 6.45) is 1.67. The molecule has 0 radical (unpaired) electrons. The van der Waals surface area contributed by atoms with Crippen molar-refractivity contribution in [2.24, 2.45) is 0 Å². The van der Waals surface area contributed by atoms with E-state index < -0.39 is 0 Å². The smallest absolute Gasteiger partial charge is 0.227 e. The molecule has 1 heterocycles. The monoisotopic (exact) mass is 268 g/mol. The molecule has 0 amide bonds. The Kier molecular flexibility index (Phi) is 3.44. The fourth-order valence-corrected chi connectivity index (χ4v) is 2.29. The normalized spacial score (nSPS) is 16.9. The van der Waals surface area contributed by atoms with E-state index in [0.29, 0.717) is 0 Å². The molecule has 1 aliphatic heterocycles. The van der Waals surface area contributed by atoms with Crippen molar-refractivity contribution >= 4 is 11.8 Å². The number of fused-ring (bicyclic) bond motifs is 1. The van der Waals surface area contributed by atoms with Gasteiger partial charge in [0, 0.05) is 18.2 Å². The fraction of sp³-hybridized carbons (Fsp3) is 0.176. The van der Waals surface area contributed by atoms with Crippen LogP contribution >= 0.6 is 0 Å². The summed E-state index contributed by atoms with van der Waals surface area (Å²) >= 11 is 0. The van der Waals surface area contributed by atoms with Crippen LogP contribution in [0.4, 0.5) is 0 Å². The number of benzene rings is 2. The minimum atomic E-state index is -0.367. The SMILES string of the molecule is COc1ccc(C2=Cc3ccccc3C(OC)O2)cc1. The zero-order valence-electron chi connectivity index (χ0n) is 11.5. The molecule has 3 heteroatoms. The lowest BCUT2D eigenvalue weighted by Crippen LogP contribution is -2.11. The van der Waals surface area contributed by atoms with Gasteiger partial charge in [0.25, 0.3) is 0 Å². The molecule has 2 aromatic carbocycles. The first-order valence-corrected chi connectivity index (χ1v) is 6.46. The Morgan fingerprint density at radius 3 is 2.40 bits per heavy atom. The predicted molar refractivity (Wildman–Crippen MR) is 78.1 cm³/mol. The lowest BCUT2D eigenvalue weighted by Gasteiger charge is -2.26. The van der Waals surface area contributed by atoms with Crippen LogP contribution in [0.25, 0.3) is 11.8 Å². The number of ether oxygens (including phenoxy) is 3. The summed E-state index contributed by atoms with van der Waals surface area (Å²) in [6.45, 7) is 0. The first-order valence-electron chi connectivity index (χ1n) is 6.46. The van der Waals surface area contributed by atoms with Gasteiger partial charge in [0.2, 0.25) is 6.29 Å². The van der Waals surface area contributed by atoms with Gasteiger partial charge in [-0.1, -0.05) is 24.3 Å². The summed E-state index contributed by atoms with van der Waals surface area (Å²) in [6, 6.07) is 15.9. The van der Waals surface area contributed by atoms with E-state index in [0.717, 1.165) is 28.2 Å². The topological polar surface area (TPSA) is 27.7 Å². The van der Waals surface area contributed by atoms with E-state index >= 15 is 0 Å². The minimum Gasteiger partial charge on any atom is -0.497 e. The van der Waals surface area contributed by atoms with Crippen LogP contribution < -0.4 is 4.74 Å². The van der Waals surface area contributed by atoms with Crippen molar-refractivity contribution in [2.45, 2.75) is 6.29 Å². The van der Waals surface area contributed by atoms with Crippen LogP contribution in [0.5, 0.6) is 5.75 Å². The molecule has 3 rings (SSSR count). The Morgan fingerprint density at radius 1 is 0.950 bits per heavy atom. The summed E-state index contributed by atoms with van der Waals surface area (Å²) in [5.41, 5.74) is 3.17. The summed E-state index contributed by atoms with van der Waals surface area (Å²) in [4.78, 5) is 0. The Morgan fingerprint density at radius 2 is 1.70 bits per heavy atom. The van der Waals surface area contributed by atoms with Crippen molar-refractivity contribution in [3.8, 4) is 5.75 Å². The third-order valence-electron chi connectivity index (χ3n) is 3.36. The first kappa shape index (κ1) is 12.8. The quantitative estimate of drug-likeness (QED) is 0.845. The molecule has 0 spiro atoms. The lowest BCUT2D eigenvalue weighted by atomic mass is 10.0. The molecule has 0 fully saturated rings. The van der Waals surface area contributed by atoms with Gasteiger partial charge in [-0.2, -0.15) is 0 Å². The van der Waals surface area contributed by atoms with Crippen LogP contribution in [0.15, 0.2) is 48.5 Å². The third kappa shape index (κ3) is 2.28. The van der Waals surface area contributed by atoms with Gasteiger partial charge in [-0.25, -0.2) is 0 Å². The van der Waals surface area contributed by atoms with Crippen LogP contribution in [-0.4, -0.2) is 14.2 Å². The van der Waals surface area contributed by atoms with Crippen molar-refractivity contribution < 1.29 is 14.2 Å². The van der Waals surface area contributed by atoms with Gasteiger partial charge in [-0.15, -0.1) is 0 Å². The summed E-state index contributed by atoms with van der Waals surface area (Å²) < 4.78 is 16.5. The van der Waals surface area contributed by atoms with Crippen LogP contribution in [-0.2, 0) is 9.47 Å². The number of hydrogen-bond acceptors (Lipinski definition) is 3. The second kappa shape index (κ2) is 5.39. The molecule has 1 unspecified atom stereocenters. The molecule has 0 N–H and O–H groups in total. The standard InChI is InChI=1S/C17H16O3/c1-18-14-9-7-12(8-10-14)16-11-13-5-3-4-6-15(13)17(19-2)20-16/h3-11,17H,1-2H3. The Balaban J connectivity index is 2.00. The Bertz CT molecular complexity index is 629. The van der Waals surface area contributed by atoms with E-state index in [1.165, 1.54) is 0 Å². The van der Waals surface area contributed by atoms with Crippen molar-refractivity contribution in [1.29, 1.82) is 0 Å². The first-order chi connectivity index (χ1) is 9.81. The highest BCUT2D eigenvalue weighted by Crippen LogP contribution is 2.36. The second-order valence-corrected chi connectivity index (χ2v) is 4.55. The largest absolute Gasteiger partial charge is 0.497 e. The summed E-state index contributed by atoms with van der Waals surface area (Å²) in [7, 11) is 3.31. The maximum atomic E-state index is 5.92. The molecule has 0 saturated carbocycles. The number of methoxy groups -OCH3 is 2. The molecule has 3 nitrogen and oxygen atoms in total. The zero-order valence-corrected chi connectivity index (χ0v) is 11.5. The Hall–Kier alpha value is -2.26. The second-order valence-electron chi connectivity index (χ2n) is 4.55. The molecular weight excluding hydrogens is 252 g/mol. The van der Waals surface area contributed by atoms with Crippen molar-refractivity contribution in [3.63, 3.8) is 0 Å². The third-order valence-corrected chi connectivity index (χ3v) is 3.36. The molecule has 102 valence electrons. The van der Waals surface area contributed by atoms with E-state index in [4.69, 9.17) is 14.2 Å². The number of hydrogen-bond donors (Lipinski definition) is 0. The fourth-order valence-electron chi connectivity index (χ4n) is 2.29. The maximum Gasteiger partial charge on any atom is 0.227 e. The molecule has 0 bridgehead atoms. The maximum absolute atomic E-state index is 5.92. The molecule has 0 aliphatic carbocycles. The van der Waals surface area contributed by atoms with E-state index in [-0.39, 0.29) is 6.29 Å². The minimum absolute atomic E-state index is 0.367. The highest BCUT2D eigenvalue weighted by Gasteiger charge is 2.22. The van der Waals surface area contributed by atoms with Gasteiger partial charge in [0.05, 0.1) is 7.11 Å². The van der Waals surface area contributed by atoms with E-state index in [9.17, 15) is 0 Å². The van der Waals surface area contributed by atoms with Crippen LogP contribution in [0, 0.1) is 0 Å². The van der Waals surface area contributed by atoms with Crippen molar-refractivity contribution in [1.82, 2.24) is 0 Å². The summed E-state index contributed by atoms with van der Waals surface area (Å²) in [5, 5.41) is 0. The van der Waals surface area contributed by atoms with Gasteiger partial charge in [-0.05, 0) is 35.9 Å². The molecular formula is C17H16O3. The molecule has 1 atom stereocenters. The van der Waals surface area contributed by atoms with E-state index in [1.54, 1.807) is 14.2 Å². The van der Waals surface area contributed by atoms with Crippen LogP contribution in [0.1, 0.15) is 23.0 Å². The molecule has 0 saturated heterocycles. The lowest BCUT2D eigenvalue weighted by molar-refractivity contribution is -0.0765. The van der Waals surface area contributed by atoms with E-state index in [2.05, 4.69) is 6.07 Å². The van der Waals surface area contributed by atoms with Gasteiger partial charge >= 0.3 is 0 Å². The van der Waals surface area contributed by atoms with Gasteiger partial charge in [0.1, 0.15) is 11.5 Å².